The van der Waals surface area contributed by atoms with Crippen molar-refractivity contribution in [3.8, 4) is 11.5 Å². The number of carbonyl (C=O) groups excluding carboxylic acids is 2. The number of rotatable bonds is 8. The molecule has 0 unspecified atom stereocenters. The van der Waals surface area contributed by atoms with E-state index in [1.807, 2.05) is 0 Å². The number of hydrogen-bond donors (Lipinski definition) is 0. The molecule has 0 aliphatic carbocycles. The molecule has 0 fully saturated rings. The highest BCUT2D eigenvalue weighted by atomic mass is 16.6. The monoisotopic (exact) mass is 306 g/mol. The average Bonchev–Trinajstić information content (AvgIpc) is 2.45. The molecule has 0 amide bonds. The Balaban J connectivity index is 2.54. The summed E-state index contributed by atoms with van der Waals surface area (Å²) in [5, 5.41) is 0. The van der Waals surface area contributed by atoms with Crippen molar-refractivity contribution in [2.45, 2.75) is 53.4 Å². The summed E-state index contributed by atoms with van der Waals surface area (Å²) < 4.78 is 10.6. The second-order valence-electron chi connectivity index (χ2n) is 6.14. The Morgan fingerprint density at radius 2 is 1.55 bits per heavy atom. The molecule has 22 heavy (non-hydrogen) atoms. The highest BCUT2D eigenvalue weighted by molar-refractivity contribution is 5.77. The predicted molar refractivity (Wildman–Crippen MR) is 85.9 cm³/mol. The SMILES string of the molecule is CC(C)CCCCC(=O)Oc1ccccc1OC(=O)C(C)C. The van der Waals surface area contributed by atoms with Crippen molar-refractivity contribution in [3.63, 3.8) is 0 Å². The van der Waals surface area contributed by atoms with Crippen LogP contribution in [0, 0.1) is 11.8 Å². The summed E-state index contributed by atoms with van der Waals surface area (Å²) in [5.74, 6) is 0.353. The summed E-state index contributed by atoms with van der Waals surface area (Å²) in [6, 6.07) is 6.74. The van der Waals surface area contributed by atoms with E-state index in [2.05, 4.69) is 13.8 Å². The molecule has 0 aliphatic rings. The average molecular weight is 306 g/mol. The number of hydrogen-bond acceptors (Lipinski definition) is 4. The van der Waals surface area contributed by atoms with Crippen LogP contribution in [-0.4, -0.2) is 11.9 Å². The van der Waals surface area contributed by atoms with Gasteiger partial charge in [-0.1, -0.05) is 52.7 Å². The van der Waals surface area contributed by atoms with Crippen LogP contribution in [-0.2, 0) is 9.59 Å². The highest BCUT2D eigenvalue weighted by Gasteiger charge is 2.15. The molecule has 1 aromatic carbocycles. The molecule has 0 saturated heterocycles. The van der Waals surface area contributed by atoms with E-state index in [1.54, 1.807) is 38.1 Å². The van der Waals surface area contributed by atoms with Crippen LogP contribution in [0.5, 0.6) is 11.5 Å². The number of ether oxygens (including phenoxy) is 2. The van der Waals surface area contributed by atoms with E-state index in [1.165, 1.54) is 0 Å². The molecular weight excluding hydrogens is 280 g/mol. The lowest BCUT2D eigenvalue weighted by Crippen LogP contribution is -2.16. The van der Waals surface area contributed by atoms with Gasteiger partial charge in [0.2, 0.25) is 0 Å². The molecule has 0 aromatic heterocycles. The second-order valence-corrected chi connectivity index (χ2v) is 6.14. The summed E-state index contributed by atoms with van der Waals surface area (Å²) in [7, 11) is 0. The van der Waals surface area contributed by atoms with Crippen molar-refractivity contribution in [1.82, 2.24) is 0 Å². The van der Waals surface area contributed by atoms with Gasteiger partial charge in [-0.15, -0.1) is 0 Å². The molecule has 0 atom stereocenters. The van der Waals surface area contributed by atoms with Crippen LogP contribution in [0.25, 0.3) is 0 Å². The molecule has 0 saturated carbocycles. The van der Waals surface area contributed by atoms with Gasteiger partial charge in [0.15, 0.2) is 11.5 Å². The number of esters is 2. The summed E-state index contributed by atoms with van der Waals surface area (Å²) in [6.45, 7) is 7.84. The van der Waals surface area contributed by atoms with Gasteiger partial charge in [0.25, 0.3) is 0 Å². The van der Waals surface area contributed by atoms with E-state index in [4.69, 9.17) is 9.47 Å². The van der Waals surface area contributed by atoms with Crippen LogP contribution >= 0.6 is 0 Å². The van der Waals surface area contributed by atoms with Crippen LogP contribution in [0.4, 0.5) is 0 Å². The summed E-state index contributed by atoms with van der Waals surface area (Å²) >= 11 is 0. The minimum Gasteiger partial charge on any atom is -0.423 e. The molecule has 4 nitrogen and oxygen atoms in total. The van der Waals surface area contributed by atoms with Crippen LogP contribution in [0.1, 0.15) is 53.4 Å². The Labute approximate surface area is 132 Å². The third kappa shape index (κ3) is 6.74. The molecule has 1 aromatic rings. The third-order valence-electron chi connectivity index (χ3n) is 3.17. The first kappa shape index (κ1) is 18.2. The molecule has 0 heterocycles. The van der Waals surface area contributed by atoms with E-state index in [9.17, 15) is 9.59 Å². The lowest BCUT2D eigenvalue weighted by Gasteiger charge is -2.11. The van der Waals surface area contributed by atoms with Gasteiger partial charge in [-0.3, -0.25) is 9.59 Å². The molecule has 0 bridgehead atoms. The topological polar surface area (TPSA) is 52.6 Å². The third-order valence-corrected chi connectivity index (χ3v) is 3.17. The maximum atomic E-state index is 11.9. The molecule has 1 rings (SSSR count). The minimum atomic E-state index is -0.347. The number of unbranched alkanes of at least 4 members (excludes halogenated alkanes) is 1. The molecule has 0 spiro atoms. The fraction of sp³-hybridized carbons (Fsp3) is 0.556. The highest BCUT2D eigenvalue weighted by Crippen LogP contribution is 2.27. The summed E-state index contributed by atoms with van der Waals surface area (Å²) in [5.41, 5.74) is 0. The van der Waals surface area contributed by atoms with Crippen LogP contribution in [0.2, 0.25) is 0 Å². The lowest BCUT2D eigenvalue weighted by atomic mass is 10.1. The molecule has 0 radical (unpaired) electrons. The largest absolute Gasteiger partial charge is 0.423 e. The lowest BCUT2D eigenvalue weighted by molar-refractivity contribution is -0.139. The van der Waals surface area contributed by atoms with Crippen LogP contribution in [0.15, 0.2) is 24.3 Å². The number of benzene rings is 1. The molecule has 0 aliphatic heterocycles. The normalized spacial score (nSPS) is 10.8. The first-order valence-corrected chi connectivity index (χ1v) is 7.91. The summed E-state index contributed by atoms with van der Waals surface area (Å²) in [6.07, 6.45) is 3.30. The van der Waals surface area contributed by atoms with E-state index >= 15 is 0 Å². The van der Waals surface area contributed by atoms with Gasteiger partial charge in [-0.05, 0) is 24.5 Å². The van der Waals surface area contributed by atoms with Crippen LogP contribution < -0.4 is 9.47 Å². The van der Waals surface area contributed by atoms with E-state index in [0.717, 1.165) is 19.3 Å². The Bertz CT molecular complexity index is 492. The maximum absolute atomic E-state index is 11.9. The van der Waals surface area contributed by atoms with Gasteiger partial charge in [0.05, 0.1) is 5.92 Å². The van der Waals surface area contributed by atoms with Crippen molar-refractivity contribution in [3.05, 3.63) is 24.3 Å². The van der Waals surface area contributed by atoms with Crippen molar-refractivity contribution in [2.75, 3.05) is 0 Å². The van der Waals surface area contributed by atoms with Crippen molar-refractivity contribution in [1.29, 1.82) is 0 Å². The van der Waals surface area contributed by atoms with Gasteiger partial charge < -0.3 is 9.47 Å². The predicted octanol–water partition coefficient (Wildman–Crippen LogP) is 4.37. The summed E-state index contributed by atoms with van der Waals surface area (Å²) in [4.78, 5) is 23.5. The molecule has 122 valence electrons. The van der Waals surface area contributed by atoms with Gasteiger partial charge >= 0.3 is 11.9 Å². The Kier molecular flexibility index (Phi) is 7.64. The minimum absolute atomic E-state index is 0.236. The molecule has 0 N–H and O–H groups in total. The molecule has 4 heteroatoms. The van der Waals surface area contributed by atoms with Crippen molar-refractivity contribution in [2.24, 2.45) is 11.8 Å². The number of para-hydroxylation sites is 2. The van der Waals surface area contributed by atoms with Gasteiger partial charge in [0.1, 0.15) is 0 Å². The van der Waals surface area contributed by atoms with Gasteiger partial charge in [-0.2, -0.15) is 0 Å². The molecular formula is C18H26O4. The van der Waals surface area contributed by atoms with Crippen molar-refractivity contribution < 1.29 is 19.1 Å². The first-order chi connectivity index (χ1) is 10.4. The zero-order valence-electron chi connectivity index (χ0n) is 13.9. The van der Waals surface area contributed by atoms with Crippen molar-refractivity contribution >= 4 is 11.9 Å². The Morgan fingerprint density at radius 3 is 2.09 bits per heavy atom. The fourth-order valence-corrected chi connectivity index (χ4v) is 1.84. The van der Waals surface area contributed by atoms with Gasteiger partial charge in [0, 0.05) is 6.42 Å². The van der Waals surface area contributed by atoms with E-state index < -0.39 is 0 Å². The Hall–Kier alpha value is -1.84. The zero-order chi connectivity index (χ0) is 16.5. The Morgan fingerprint density at radius 1 is 0.955 bits per heavy atom. The smallest absolute Gasteiger partial charge is 0.313 e. The fourth-order valence-electron chi connectivity index (χ4n) is 1.84. The maximum Gasteiger partial charge on any atom is 0.313 e. The van der Waals surface area contributed by atoms with E-state index in [-0.39, 0.29) is 23.6 Å². The van der Waals surface area contributed by atoms with E-state index in [0.29, 0.717) is 18.1 Å². The zero-order valence-corrected chi connectivity index (χ0v) is 13.9. The standard InChI is InChI=1S/C18H26O4/c1-13(2)9-5-8-12-17(19)21-15-10-6-7-11-16(15)22-18(20)14(3)4/h6-7,10-11,13-14H,5,8-9,12H2,1-4H3. The first-order valence-electron chi connectivity index (χ1n) is 7.91. The van der Waals surface area contributed by atoms with Gasteiger partial charge in [-0.25, -0.2) is 0 Å². The second kappa shape index (κ2) is 9.23. The van der Waals surface area contributed by atoms with Crippen LogP contribution in [0.3, 0.4) is 0 Å². The number of carbonyl (C=O) groups is 2. The quantitative estimate of drug-likeness (QED) is 0.406.